The Labute approximate surface area is 119 Å². The van der Waals surface area contributed by atoms with E-state index in [0.29, 0.717) is 16.8 Å². The van der Waals surface area contributed by atoms with Crippen LogP contribution in [0.25, 0.3) is 0 Å². The number of para-hydroxylation sites is 1. The van der Waals surface area contributed by atoms with Gasteiger partial charge in [0, 0.05) is 12.6 Å². The minimum atomic E-state index is -0.0942. The number of anilines is 1. The van der Waals surface area contributed by atoms with Crippen LogP contribution in [0.3, 0.4) is 0 Å². The van der Waals surface area contributed by atoms with Gasteiger partial charge in [-0.25, -0.2) is 0 Å². The van der Waals surface area contributed by atoms with Crippen LogP contribution in [0.5, 0.6) is 0 Å². The lowest BCUT2D eigenvalue weighted by Crippen LogP contribution is -2.28. The Morgan fingerprint density at radius 3 is 2.25 bits per heavy atom. The molecular weight excluding hydrogens is 248 g/mol. The average Bonchev–Trinajstić information content (AvgIpc) is 2.46. The monoisotopic (exact) mass is 264 g/mol. The third-order valence-electron chi connectivity index (χ3n) is 3.39. The first kappa shape index (κ1) is 13.8. The first-order valence-corrected chi connectivity index (χ1v) is 6.39. The molecule has 0 saturated heterocycles. The van der Waals surface area contributed by atoms with E-state index < -0.39 is 0 Å². The van der Waals surface area contributed by atoms with Crippen molar-refractivity contribution in [1.82, 2.24) is 0 Å². The molecule has 3 heteroatoms. The van der Waals surface area contributed by atoms with Gasteiger partial charge in [-0.1, -0.05) is 30.3 Å². The number of hydrogen-bond donors (Lipinski definition) is 0. The van der Waals surface area contributed by atoms with Gasteiger partial charge in [-0.15, -0.1) is 0 Å². The molecule has 0 heterocycles. The van der Waals surface area contributed by atoms with E-state index in [1.54, 1.807) is 25.2 Å². The Morgan fingerprint density at radius 2 is 1.65 bits per heavy atom. The molecule has 2 rings (SSSR count). The first-order chi connectivity index (χ1) is 9.56. The summed E-state index contributed by atoms with van der Waals surface area (Å²) >= 11 is 0. The molecule has 0 saturated carbocycles. The van der Waals surface area contributed by atoms with Gasteiger partial charge in [0.2, 0.25) is 0 Å². The molecule has 0 N–H and O–H groups in total. The molecule has 0 aliphatic carbocycles. The highest BCUT2D eigenvalue weighted by molar-refractivity contribution is 6.08. The smallest absolute Gasteiger partial charge is 0.258 e. The molecular formula is C17H16N2O. The summed E-state index contributed by atoms with van der Waals surface area (Å²) < 4.78 is 0. The highest BCUT2D eigenvalue weighted by Crippen LogP contribution is 2.22. The van der Waals surface area contributed by atoms with E-state index in [1.165, 1.54) is 4.90 Å². The maximum Gasteiger partial charge on any atom is 0.258 e. The van der Waals surface area contributed by atoms with Gasteiger partial charge < -0.3 is 4.90 Å². The van der Waals surface area contributed by atoms with Crippen molar-refractivity contribution in [3.8, 4) is 6.07 Å². The molecule has 100 valence electrons. The highest BCUT2D eigenvalue weighted by atomic mass is 16.2. The fourth-order valence-electron chi connectivity index (χ4n) is 2.29. The molecule has 0 aromatic heterocycles. The Hall–Kier alpha value is -2.60. The fraction of sp³-hybridized carbons (Fsp3) is 0.176. The van der Waals surface area contributed by atoms with E-state index in [9.17, 15) is 4.79 Å². The van der Waals surface area contributed by atoms with Gasteiger partial charge in [-0.2, -0.15) is 5.26 Å². The lowest BCUT2D eigenvalue weighted by Gasteiger charge is -2.20. The maximum atomic E-state index is 12.7. The van der Waals surface area contributed by atoms with E-state index in [2.05, 4.69) is 6.07 Å². The Morgan fingerprint density at radius 1 is 1.05 bits per heavy atom. The maximum absolute atomic E-state index is 12.7. The number of carbonyl (C=O) groups is 1. The van der Waals surface area contributed by atoms with Crippen molar-refractivity contribution >= 4 is 11.6 Å². The molecule has 0 spiro atoms. The molecule has 3 nitrogen and oxygen atoms in total. The molecule has 2 aromatic rings. The Kier molecular flexibility index (Phi) is 3.86. The van der Waals surface area contributed by atoms with Crippen LogP contribution in [0, 0.1) is 25.2 Å². The molecule has 2 aromatic carbocycles. The number of benzene rings is 2. The zero-order chi connectivity index (χ0) is 14.7. The lowest BCUT2D eigenvalue weighted by molar-refractivity contribution is 0.0992. The van der Waals surface area contributed by atoms with Crippen molar-refractivity contribution < 1.29 is 4.79 Å². The molecule has 0 aliphatic heterocycles. The van der Waals surface area contributed by atoms with Gasteiger partial charge in [0.1, 0.15) is 6.07 Å². The van der Waals surface area contributed by atoms with Crippen LogP contribution >= 0.6 is 0 Å². The number of hydrogen-bond acceptors (Lipinski definition) is 2. The van der Waals surface area contributed by atoms with Crippen molar-refractivity contribution in [2.45, 2.75) is 13.8 Å². The van der Waals surface area contributed by atoms with Crippen LogP contribution in [-0.4, -0.2) is 13.0 Å². The van der Waals surface area contributed by atoms with E-state index in [4.69, 9.17) is 5.26 Å². The van der Waals surface area contributed by atoms with Gasteiger partial charge in [0.15, 0.2) is 0 Å². The topological polar surface area (TPSA) is 44.1 Å². The Bertz CT molecular complexity index is 678. The summed E-state index contributed by atoms with van der Waals surface area (Å²) in [6, 6.07) is 15.0. The van der Waals surface area contributed by atoms with Crippen molar-refractivity contribution in [3.05, 3.63) is 64.7 Å². The standard InChI is InChI=1S/C17H16N2O/c1-12-7-6-8-13(2)16(12)17(20)19(3)15-10-5-4-9-14(15)11-18/h4-10H,1-3H3. The third kappa shape index (κ3) is 2.41. The minimum absolute atomic E-state index is 0.0942. The second kappa shape index (κ2) is 5.58. The van der Waals surface area contributed by atoms with Crippen molar-refractivity contribution in [2.24, 2.45) is 0 Å². The van der Waals surface area contributed by atoms with E-state index in [0.717, 1.165) is 11.1 Å². The van der Waals surface area contributed by atoms with Crippen LogP contribution in [0.2, 0.25) is 0 Å². The summed E-state index contributed by atoms with van der Waals surface area (Å²) in [5.74, 6) is -0.0942. The molecule has 0 fully saturated rings. The van der Waals surface area contributed by atoms with Gasteiger partial charge >= 0.3 is 0 Å². The number of carbonyl (C=O) groups excluding carboxylic acids is 1. The molecule has 0 unspecified atom stereocenters. The molecule has 0 atom stereocenters. The zero-order valence-electron chi connectivity index (χ0n) is 11.8. The molecule has 0 bridgehead atoms. The van der Waals surface area contributed by atoms with Gasteiger partial charge in [0.05, 0.1) is 11.3 Å². The van der Waals surface area contributed by atoms with Gasteiger partial charge in [0.25, 0.3) is 5.91 Å². The predicted molar refractivity (Wildman–Crippen MR) is 79.8 cm³/mol. The summed E-state index contributed by atoms with van der Waals surface area (Å²) in [7, 11) is 1.70. The summed E-state index contributed by atoms with van der Waals surface area (Å²) in [6.07, 6.45) is 0. The quantitative estimate of drug-likeness (QED) is 0.833. The molecule has 20 heavy (non-hydrogen) atoms. The fourth-order valence-corrected chi connectivity index (χ4v) is 2.29. The highest BCUT2D eigenvalue weighted by Gasteiger charge is 2.19. The number of nitriles is 1. The predicted octanol–water partition coefficient (Wildman–Crippen LogP) is 3.45. The largest absolute Gasteiger partial charge is 0.310 e. The summed E-state index contributed by atoms with van der Waals surface area (Å²) in [6.45, 7) is 3.84. The second-order valence-corrected chi connectivity index (χ2v) is 4.76. The average molecular weight is 264 g/mol. The Balaban J connectivity index is 2.46. The summed E-state index contributed by atoms with van der Waals surface area (Å²) in [4.78, 5) is 14.2. The second-order valence-electron chi connectivity index (χ2n) is 4.76. The molecule has 0 aliphatic rings. The van der Waals surface area contributed by atoms with Crippen LogP contribution in [0.4, 0.5) is 5.69 Å². The number of nitrogens with zero attached hydrogens (tertiary/aromatic N) is 2. The number of rotatable bonds is 2. The lowest BCUT2D eigenvalue weighted by atomic mass is 10.0. The normalized spacial score (nSPS) is 9.90. The number of aryl methyl sites for hydroxylation is 2. The minimum Gasteiger partial charge on any atom is -0.310 e. The van der Waals surface area contributed by atoms with E-state index in [-0.39, 0.29) is 5.91 Å². The van der Waals surface area contributed by atoms with Crippen molar-refractivity contribution in [2.75, 3.05) is 11.9 Å². The summed E-state index contributed by atoms with van der Waals surface area (Å²) in [5.41, 5.74) is 3.70. The van der Waals surface area contributed by atoms with Crippen LogP contribution in [0.1, 0.15) is 27.0 Å². The summed E-state index contributed by atoms with van der Waals surface area (Å²) in [5, 5.41) is 9.14. The first-order valence-electron chi connectivity index (χ1n) is 6.39. The number of amides is 1. The van der Waals surface area contributed by atoms with E-state index in [1.807, 2.05) is 38.1 Å². The van der Waals surface area contributed by atoms with Gasteiger partial charge in [-0.05, 0) is 37.1 Å². The van der Waals surface area contributed by atoms with Crippen molar-refractivity contribution in [1.29, 1.82) is 5.26 Å². The SMILES string of the molecule is Cc1cccc(C)c1C(=O)N(C)c1ccccc1C#N. The van der Waals surface area contributed by atoms with E-state index >= 15 is 0 Å². The molecule has 0 radical (unpaired) electrons. The molecule has 1 amide bonds. The third-order valence-corrected chi connectivity index (χ3v) is 3.39. The van der Waals surface area contributed by atoms with Crippen LogP contribution in [0.15, 0.2) is 42.5 Å². The van der Waals surface area contributed by atoms with Gasteiger partial charge in [-0.3, -0.25) is 4.79 Å². The van der Waals surface area contributed by atoms with Crippen LogP contribution in [-0.2, 0) is 0 Å². The van der Waals surface area contributed by atoms with Crippen LogP contribution < -0.4 is 4.90 Å². The zero-order valence-corrected chi connectivity index (χ0v) is 11.8. The van der Waals surface area contributed by atoms with Crippen molar-refractivity contribution in [3.63, 3.8) is 0 Å².